The van der Waals surface area contributed by atoms with E-state index < -0.39 is 0 Å². The molecule has 0 atom stereocenters. The summed E-state index contributed by atoms with van der Waals surface area (Å²) >= 11 is 0. The van der Waals surface area contributed by atoms with Crippen molar-refractivity contribution in [2.24, 2.45) is 7.05 Å². The van der Waals surface area contributed by atoms with Crippen LogP contribution in [0, 0.1) is 13.8 Å². The number of para-hydroxylation sites is 1. The summed E-state index contributed by atoms with van der Waals surface area (Å²) in [5.41, 5.74) is 7.18. The first-order chi connectivity index (χ1) is 11.5. The van der Waals surface area contributed by atoms with Crippen molar-refractivity contribution < 1.29 is 8.98 Å². The Labute approximate surface area is 142 Å². The van der Waals surface area contributed by atoms with E-state index in [9.17, 15) is 0 Å². The number of nitrogens with zero attached hydrogens (tertiary/aromatic N) is 2. The average molecular weight is 317 g/mol. The quantitative estimate of drug-likeness (QED) is 0.496. The fourth-order valence-corrected chi connectivity index (χ4v) is 3.87. The van der Waals surface area contributed by atoms with Crippen LogP contribution < -0.4 is 20.8 Å². The topological polar surface area (TPSA) is 20.3 Å². The van der Waals surface area contributed by atoms with Crippen molar-refractivity contribution in [3.8, 4) is 0 Å². The van der Waals surface area contributed by atoms with Gasteiger partial charge in [0.15, 0.2) is 11.8 Å². The van der Waals surface area contributed by atoms with Gasteiger partial charge in [0.05, 0.1) is 0 Å². The molecule has 0 saturated heterocycles. The fourth-order valence-electron chi connectivity index (χ4n) is 3.87. The number of aromatic nitrogens is 1. The molecule has 3 aromatic rings. The SMILES string of the molecule is CC1=c2c(oc3ccccc23)=CN(C)B1c1cc(C)c(C)c[n+]1C. The summed E-state index contributed by atoms with van der Waals surface area (Å²) in [5, 5.41) is 2.44. The van der Waals surface area contributed by atoms with Crippen molar-refractivity contribution >= 4 is 35.1 Å². The maximum Gasteiger partial charge on any atom is 0.399 e. The van der Waals surface area contributed by atoms with E-state index in [0.717, 1.165) is 11.0 Å². The minimum absolute atomic E-state index is 0.211. The van der Waals surface area contributed by atoms with Gasteiger partial charge in [-0.2, -0.15) is 0 Å². The molecule has 1 aliphatic rings. The second kappa shape index (κ2) is 5.27. The molecular formula is C20H22BN2O+. The molecule has 0 unspecified atom stereocenters. The highest BCUT2D eigenvalue weighted by Crippen LogP contribution is 2.14. The van der Waals surface area contributed by atoms with Gasteiger partial charge >= 0.3 is 6.85 Å². The van der Waals surface area contributed by atoms with Crippen LogP contribution in [0.25, 0.3) is 22.6 Å². The highest BCUT2D eigenvalue weighted by atomic mass is 16.3. The predicted octanol–water partition coefficient (Wildman–Crippen LogP) is 1.17. The maximum absolute atomic E-state index is 6.06. The standard InChI is InChI=1S/C20H22BN2O/c1-13-10-19(22(4)11-14(13)2)21-15(3)20-16-8-6-7-9-17(16)24-18(20)12-23(21)5/h6-12H,1-5H3/q+1. The van der Waals surface area contributed by atoms with Crippen LogP contribution in [-0.4, -0.2) is 18.7 Å². The second-order valence-electron chi connectivity index (χ2n) is 6.89. The molecule has 0 bridgehead atoms. The Morgan fingerprint density at radius 2 is 1.83 bits per heavy atom. The van der Waals surface area contributed by atoms with E-state index in [2.05, 4.69) is 74.8 Å². The van der Waals surface area contributed by atoms with Crippen molar-refractivity contribution in [1.82, 2.24) is 4.81 Å². The zero-order chi connectivity index (χ0) is 17.0. The Morgan fingerprint density at radius 1 is 1.08 bits per heavy atom. The average Bonchev–Trinajstić information content (AvgIpc) is 2.90. The van der Waals surface area contributed by atoms with Crippen LogP contribution in [-0.2, 0) is 7.05 Å². The molecule has 0 N–H and O–H groups in total. The van der Waals surface area contributed by atoms with Crippen LogP contribution in [0.15, 0.2) is 40.9 Å². The van der Waals surface area contributed by atoms with Gasteiger partial charge in [-0.05, 0) is 39.4 Å². The van der Waals surface area contributed by atoms with Gasteiger partial charge in [-0.1, -0.05) is 23.7 Å². The highest BCUT2D eigenvalue weighted by molar-refractivity contribution is 6.85. The van der Waals surface area contributed by atoms with Crippen molar-refractivity contribution in [2.75, 3.05) is 7.05 Å². The molecule has 4 rings (SSSR count). The lowest BCUT2D eigenvalue weighted by Crippen LogP contribution is -2.62. The van der Waals surface area contributed by atoms with E-state index in [-0.39, 0.29) is 6.85 Å². The molecule has 1 aliphatic heterocycles. The van der Waals surface area contributed by atoms with Gasteiger partial charge in [0.1, 0.15) is 18.0 Å². The molecule has 4 heteroatoms. The van der Waals surface area contributed by atoms with Gasteiger partial charge in [0.2, 0.25) is 0 Å². The maximum atomic E-state index is 6.06. The lowest BCUT2D eigenvalue weighted by molar-refractivity contribution is -0.654. The Morgan fingerprint density at radius 3 is 2.62 bits per heavy atom. The van der Waals surface area contributed by atoms with Crippen molar-refractivity contribution in [3.05, 3.63) is 58.3 Å². The summed E-state index contributed by atoms with van der Waals surface area (Å²) in [4.78, 5) is 2.25. The Kier molecular flexibility index (Phi) is 3.31. The van der Waals surface area contributed by atoms with Gasteiger partial charge in [0, 0.05) is 28.4 Å². The molecule has 2 aromatic heterocycles. The first-order valence-electron chi connectivity index (χ1n) is 8.36. The summed E-state index contributed by atoms with van der Waals surface area (Å²) in [6, 6.07) is 10.6. The van der Waals surface area contributed by atoms with E-state index in [4.69, 9.17) is 4.42 Å². The number of aryl methyl sites for hydroxylation is 3. The van der Waals surface area contributed by atoms with Crippen LogP contribution in [0.2, 0.25) is 0 Å². The molecule has 1 aromatic carbocycles. The number of benzene rings is 1. The number of pyridine rings is 1. The minimum Gasteiger partial charge on any atom is -0.455 e. The Balaban J connectivity index is 2.04. The van der Waals surface area contributed by atoms with Crippen LogP contribution in [0.4, 0.5) is 0 Å². The molecule has 3 heterocycles. The van der Waals surface area contributed by atoms with Crippen molar-refractivity contribution in [3.63, 3.8) is 0 Å². The monoisotopic (exact) mass is 317 g/mol. The molecule has 24 heavy (non-hydrogen) atoms. The Bertz CT molecular complexity index is 1080. The first kappa shape index (κ1) is 15.1. The third-order valence-electron chi connectivity index (χ3n) is 5.22. The molecule has 0 amide bonds. The molecule has 120 valence electrons. The number of furan rings is 1. The summed E-state index contributed by atoms with van der Waals surface area (Å²) in [6.45, 7) is 6.78. The van der Waals surface area contributed by atoms with E-state index in [1.807, 2.05) is 12.1 Å². The number of hydrogen-bond donors (Lipinski definition) is 0. The van der Waals surface area contributed by atoms with Gasteiger partial charge in [-0.3, -0.25) is 0 Å². The molecule has 3 nitrogen and oxygen atoms in total. The molecule has 0 aliphatic carbocycles. The summed E-state index contributed by atoms with van der Waals surface area (Å²) < 4.78 is 8.31. The number of hydrogen-bond acceptors (Lipinski definition) is 2. The van der Waals surface area contributed by atoms with E-state index in [1.54, 1.807) is 0 Å². The molecule has 0 spiro atoms. The summed E-state index contributed by atoms with van der Waals surface area (Å²) in [6.07, 6.45) is 4.34. The zero-order valence-electron chi connectivity index (χ0n) is 14.9. The second-order valence-corrected chi connectivity index (χ2v) is 6.89. The van der Waals surface area contributed by atoms with Crippen LogP contribution in [0.1, 0.15) is 18.1 Å². The number of rotatable bonds is 1. The minimum atomic E-state index is 0.211. The van der Waals surface area contributed by atoms with Crippen LogP contribution in [0.5, 0.6) is 0 Å². The molecule has 0 fully saturated rings. The molecule has 0 saturated carbocycles. The first-order valence-corrected chi connectivity index (χ1v) is 8.36. The van der Waals surface area contributed by atoms with E-state index >= 15 is 0 Å². The van der Waals surface area contributed by atoms with Gasteiger partial charge in [0.25, 0.3) is 0 Å². The third kappa shape index (κ3) is 2.09. The third-order valence-corrected chi connectivity index (χ3v) is 5.22. The van der Waals surface area contributed by atoms with Crippen LogP contribution >= 0.6 is 0 Å². The Hall–Kier alpha value is -2.49. The summed E-state index contributed by atoms with van der Waals surface area (Å²) in [7, 11) is 4.26. The lowest BCUT2D eigenvalue weighted by Gasteiger charge is -2.24. The molecule has 0 radical (unpaired) electrons. The lowest BCUT2D eigenvalue weighted by atomic mass is 9.50. The zero-order valence-corrected chi connectivity index (χ0v) is 14.9. The van der Waals surface area contributed by atoms with Gasteiger partial charge in [-0.25, -0.2) is 4.57 Å². The van der Waals surface area contributed by atoms with Gasteiger partial charge < -0.3 is 9.23 Å². The largest absolute Gasteiger partial charge is 0.455 e. The van der Waals surface area contributed by atoms with Crippen molar-refractivity contribution in [2.45, 2.75) is 20.8 Å². The van der Waals surface area contributed by atoms with Gasteiger partial charge in [-0.15, -0.1) is 0 Å². The number of fused-ring (bicyclic) bond motifs is 3. The summed E-state index contributed by atoms with van der Waals surface area (Å²) in [5.74, 6) is 0. The smallest absolute Gasteiger partial charge is 0.399 e. The predicted molar refractivity (Wildman–Crippen MR) is 99.3 cm³/mol. The van der Waals surface area contributed by atoms with E-state index in [1.165, 1.54) is 32.8 Å². The highest BCUT2D eigenvalue weighted by Gasteiger charge is 2.35. The van der Waals surface area contributed by atoms with E-state index in [0.29, 0.717) is 0 Å². The normalized spacial score (nSPS) is 14.1. The van der Waals surface area contributed by atoms with Crippen LogP contribution in [0.3, 0.4) is 0 Å². The fraction of sp³-hybridized carbons (Fsp3) is 0.250. The molecular weight excluding hydrogens is 295 g/mol. The van der Waals surface area contributed by atoms with Crippen molar-refractivity contribution in [1.29, 1.82) is 0 Å².